The van der Waals surface area contributed by atoms with Gasteiger partial charge in [-0.05, 0) is 55.3 Å². The van der Waals surface area contributed by atoms with Crippen LogP contribution in [-0.2, 0) is 10.2 Å². The molecule has 3 heterocycles. The minimum absolute atomic E-state index is 0.0249. The lowest BCUT2D eigenvalue weighted by Crippen LogP contribution is -2.26. The second kappa shape index (κ2) is 4.78. The zero-order valence-electron chi connectivity index (χ0n) is 12.9. The van der Waals surface area contributed by atoms with Crippen LogP contribution < -0.4 is 5.32 Å². The summed E-state index contributed by atoms with van der Waals surface area (Å²) in [4.78, 5) is 24.0. The average Bonchev–Trinajstić information content (AvgIpc) is 3.03. The molecule has 114 valence electrons. The van der Waals surface area contributed by atoms with Gasteiger partial charge in [-0.2, -0.15) is 0 Å². The van der Waals surface area contributed by atoms with Crippen LogP contribution in [0.1, 0.15) is 30.8 Å². The predicted molar refractivity (Wildman–Crippen MR) is 90.9 cm³/mol. The maximum Gasteiger partial charge on any atom is 0.234 e. The van der Waals surface area contributed by atoms with Crippen molar-refractivity contribution < 1.29 is 4.79 Å². The van der Waals surface area contributed by atoms with Crippen LogP contribution in [0.2, 0.25) is 0 Å². The fourth-order valence-electron chi connectivity index (χ4n) is 2.83. The molecule has 2 N–H and O–H groups in total. The van der Waals surface area contributed by atoms with Crippen molar-refractivity contribution in [1.29, 1.82) is 0 Å². The van der Waals surface area contributed by atoms with Gasteiger partial charge in [-0.15, -0.1) is 0 Å². The van der Waals surface area contributed by atoms with E-state index in [1.54, 1.807) is 12.4 Å². The average molecular weight is 304 g/mol. The lowest BCUT2D eigenvalue weighted by Gasteiger charge is -2.14. The van der Waals surface area contributed by atoms with E-state index in [1.807, 2.05) is 50.3 Å². The molecular weight excluding hydrogens is 288 g/mol. The zero-order chi connectivity index (χ0) is 16.0. The van der Waals surface area contributed by atoms with E-state index in [-0.39, 0.29) is 5.91 Å². The highest BCUT2D eigenvalue weighted by Gasteiger charge is 2.38. The van der Waals surface area contributed by atoms with Crippen molar-refractivity contribution in [3.63, 3.8) is 0 Å². The number of rotatable bonds is 2. The number of amides is 1. The molecule has 1 aliphatic rings. The quantitative estimate of drug-likeness (QED) is 0.762. The van der Waals surface area contributed by atoms with Gasteiger partial charge in [-0.25, -0.2) is 4.98 Å². The SMILES string of the molecule is CC1(C)C(=O)Nc2cc3nc(/C=C/c4cccnc4)[nH]c3cc21. The van der Waals surface area contributed by atoms with E-state index in [0.29, 0.717) is 0 Å². The van der Waals surface area contributed by atoms with E-state index in [1.165, 1.54) is 0 Å². The second-order valence-corrected chi connectivity index (χ2v) is 6.24. The van der Waals surface area contributed by atoms with Gasteiger partial charge in [0.25, 0.3) is 0 Å². The van der Waals surface area contributed by atoms with Gasteiger partial charge < -0.3 is 10.3 Å². The van der Waals surface area contributed by atoms with Gasteiger partial charge in [-0.3, -0.25) is 9.78 Å². The van der Waals surface area contributed by atoms with Crippen LogP contribution in [0.25, 0.3) is 23.2 Å². The number of anilines is 1. The predicted octanol–water partition coefficient (Wildman–Crippen LogP) is 3.36. The summed E-state index contributed by atoms with van der Waals surface area (Å²) in [6.45, 7) is 3.86. The van der Waals surface area contributed by atoms with Gasteiger partial charge in [0.2, 0.25) is 5.91 Å². The molecule has 0 saturated carbocycles. The van der Waals surface area contributed by atoms with Crippen molar-refractivity contribution in [2.75, 3.05) is 5.32 Å². The molecule has 0 atom stereocenters. The maximum atomic E-state index is 12.0. The number of imidazole rings is 1. The maximum absolute atomic E-state index is 12.0. The molecular formula is C18H16N4O. The number of benzene rings is 1. The normalized spacial score (nSPS) is 16.0. The van der Waals surface area contributed by atoms with Gasteiger partial charge >= 0.3 is 0 Å². The standard InChI is InChI=1S/C18H16N4O/c1-18(2)12-8-14-15(9-13(12)22-17(18)23)21-16(20-14)6-5-11-4-3-7-19-10-11/h3-10H,1-2H3,(H,20,21)(H,22,23)/b6-5+. The Morgan fingerprint density at radius 3 is 2.87 bits per heavy atom. The minimum Gasteiger partial charge on any atom is -0.338 e. The summed E-state index contributed by atoms with van der Waals surface area (Å²) in [5.74, 6) is 0.800. The molecule has 0 saturated heterocycles. The molecule has 1 amide bonds. The van der Waals surface area contributed by atoms with Crippen molar-refractivity contribution in [3.8, 4) is 0 Å². The second-order valence-electron chi connectivity index (χ2n) is 6.24. The van der Waals surface area contributed by atoms with E-state index >= 15 is 0 Å². The summed E-state index contributed by atoms with van der Waals surface area (Å²) >= 11 is 0. The van der Waals surface area contributed by atoms with E-state index < -0.39 is 5.41 Å². The third-order valence-corrected chi connectivity index (χ3v) is 4.25. The van der Waals surface area contributed by atoms with E-state index in [2.05, 4.69) is 20.3 Å². The van der Waals surface area contributed by atoms with Crippen LogP contribution in [0.3, 0.4) is 0 Å². The van der Waals surface area contributed by atoms with E-state index in [0.717, 1.165) is 33.7 Å². The van der Waals surface area contributed by atoms with E-state index in [4.69, 9.17) is 0 Å². The number of pyridine rings is 1. The molecule has 0 spiro atoms. The first-order valence-electron chi connectivity index (χ1n) is 7.48. The summed E-state index contributed by atoms with van der Waals surface area (Å²) in [6, 6.07) is 7.82. The number of carbonyl (C=O) groups excluding carboxylic acids is 1. The lowest BCUT2D eigenvalue weighted by atomic mass is 9.86. The first kappa shape index (κ1) is 13.7. The Hall–Kier alpha value is -2.95. The van der Waals surface area contributed by atoms with Crippen LogP contribution >= 0.6 is 0 Å². The molecule has 5 nitrogen and oxygen atoms in total. The molecule has 23 heavy (non-hydrogen) atoms. The summed E-state index contributed by atoms with van der Waals surface area (Å²) in [7, 11) is 0. The molecule has 3 aromatic rings. The largest absolute Gasteiger partial charge is 0.338 e. The first-order valence-corrected chi connectivity index (χ1v) is 7.48. The number of H-pyrrole nitrogens is 1. The summed E-state index contributed by atoms with van der Waals surface area (Å²) in [5.41, 5.74) is 4.12. The molecule has 0 radical (unpaired) electrons. The monoisotopic (exact) mass is 304 g/mol. The minimum atomic E-state index is -0.514. The fraction of sp³-hybridized carbons (Fsp3) is 0.167. The third-order valence-electron chi connectivity index (χ3n) is 4.25. The van der Waals surface area contributed by atoms with Crippen molar-refractivity contribution in [2.24, 2.45) is 0 Å². The third kappa shape index (κ3) is 2.21. The number of fused-ring (bicyclic) bond motifs is 2. The van der Waals surface area contributed by atoms with E-state index in [9.17, 15) is 4.79 Å². The van der Waals surface area contributed by atoms with Crippen LogP contribution in [0.5, 0.6) is 0 Å². The highest BCUT2D eigenvalue weighted by Crippen LogP contribution is 2.39. The smallest absolute Gasteiger partial charge is 0.234 e. The molecule has 5 heteroatoms. The molecule has 1 aromatic carbocycles. The Balaban J connectivity index is 1.73. The summed E-state index contributed by atoms with van der Waals surface area (Å²) in [6.07, 6.45) is 7.43. The number of nitrogens with one attached hydrogen (secondary N) is 2. The molecule has 2 aromatic heterocycles. The summed E-state index contributed by atoms with van der Waals surface area (Å²) in [5, 5.41) is 2.93. The van der Waals surface area contributed by atoms with Gasteiger partial charge in [0, 0.05) is 18.1 Å². The number of aromatic nitrogens is 3. The number of nitrogens with zero attached hydrogens (tertiary/aromatic N) is 2. The van der Waals surface area contributed by atoms with Gasteiger partial charge in [0.15, 0.2) is 0 Å². The molecule has 4 rings (SSSR count). The molecule has 0 bridgehead atoms. The summed E-state index contributed by atoms with van der Waals surface area (Å²) < 4.78 is 0. The lowest BCUT2D eigenvalue weighted by molar-refractivity contribution is -0.119. The molecule has 0 fully saturated rings. The Labute approximate surface area is 133 Å². The topological polar surface area (TPSA) is 70.7 Å². The van der Waals surface area contributed by atoms with Crippen LogP contribution in [0.4, 0.5) is 5.69 Å². The van der Waals surface area contributed by atoms with Crippen molar-refractivity contribution in [1.82, 2.24) is 15.0 Å². The van der Waals surface area contributed by atoms with Gasteiger partial charge in [-0.1, -0.05) is 6.07 Å². The number of hydrogen-bond donors (Lipinski definition) is 2. The zero-order valence-corrected chi connectivity index (χ0v) is 12.9. The van der Waals surface area contributed by atoms with Gasteiger partial charge in [0.1, 0.15) is 5.82 Å². The van der Waals surface area contributed by atoms with Crippen molar-refractivity contribution in [3.05, 3.63) is 53.6 Å². The molecule has 1 aliphatic heterocycles. The molecule has 0 unspecified atom stereocenters. The Morgan fingerprint density at radius 1 is 1.22 bits per heavy atom. The van der Waals surface area contributed by atoms with Gasteiger partial charge in [0.05, 0.1) is 16.4 Å². The number of carbonyl (C=O) groups is 1. The van der Waals surface area contributed by atoms with Crippen molar-refractivity contribution >= 4 is 34.8 Å². The van der Waals surface area contributed by atoms with Crippen LogP contribution in [0, 0.1) is 0 Å². The Bertz CT molecular complexity index is 938. The molecule has 0 aliphatic carbocycles. The Kier molecular flexibility index (Phi) is 2.84. The van der Waals surface area contributed by atoms with Crippen molar-refractivity contribution in [2.45, 2.75) is 19.3 Å². The highest BCUT2D eigenvalue weighted by molar-refractivity contribution is 6.07. The van der Waals surface area contributed by atoms with Crippen LogP contribution in [-0.4, -0.2) is 20.9 Å². The van der Waals surface area contributed by atoms with Crippen LogP contribution in [0.15, 0.2) is 36.7 Å². The highest BCUT2D eigenvalue weighted by atomic mass is 16.2. The number of hydrogen-bond acceptors (Lipinski definition) is 3. The Morgan fingerprint density at radius 2 is 2.09 bits per heavy atom. The first-order chi connectivity index (χ1) is 11.0. The fourth-order valence-corrected chi connectivity index (χ4v) is 2.83. The number of aromatic amines is 1.